The van der Waals surface area contributed by atoms with E-state index < -0.39 is 6.10 Å². The van der Waals surface area contributed by atoms with E-state index in [4.69, 9.17) is 23.2 Å². The van der Waals surface area contributed by atoms with E-state index in [0.717, 1.165) is 5.56 Å². The molecule has 2 unspecified atom stereocenters. The quantitative estimate of drug-likeness (QED) is 0.766. The Morgan fingerprint density at radius 3 is 2.74 bits per heavy atom. The minimum atomic E-state index is -0.805. The number of hydrogen-bond acceptors (Lipinski definition) is 4. The molecule has 5 nitrogen and oxygen atoms in total. The predicted molar refractivity (Wildman–Crippen MR) is 88.4 cm³/mol. The van der Waals surface area contributed by atoms with Gasteiger partial charge >= 0.3 is 0 Å². The van der Waals surface area contributed by atoms with Gasteiger partial charge in [-0.25, -0.2) is 9.67 Å². The molecule has 0 fully saturated rings. The van der Waals surface area contributed by atoms with Crippen LogP contribution >= 0.6 is 23.2 Å². The number of pyridine rings is 1. The van der Waals surface area contributed by atoms with Crippen molar-refractivity contribution in [3.05, 3.63) is 76.6 Å². The number of halogens is 2. The number of hydrogen-bond donors (Lipinski definition) is 1. The second-order valence-electron chi connectivity index (χ2n) is 5.11. The normalized spacial score (nSPS) is 13.7. The van der Waals surface area contributed by atoms with E-state index in [9.17, 15) is 5.11 Å². The molecule has 1 aromatic carbocycles. The molecule has 0 amide bonds. The van der Waals surface area contributed by atoms with Crippen LogP contribution in [0.5, 0.6) is 0 Å². The van der Waals surface area contributed by atoms with Crippen LogP contribution in [0.4, 0.5) is 0 Å². The summed E-state index contributed by atoms with van der Waals surface area (Å²) in [7, 11) is 0. The number of aliphatic hydroxyl groups is 1. The molecule has 3 rings (SSSR count). The zero-order valence-electron chi connectivity index (χ0n) is 12.0. The highest BCUT2D eigenvalue weighted by Crippen LogP contribution is 2.31. The van der Waals surface area contributed by atoms with Crippen molar-refractivity contribution in [1.82, 2.24) is 19.7 Å². The molecule has 0 bridgehead atoms. The fourth-order valence-corrected chi connectivity index (χ4v) is 2.83. The zero-order chi connectivity index (χ0) is 16.2. The summed E-state index contributed by atoms with van der Waals surface area (Å²) < 4.78 is 1.62. The van der Waals surface area contributed by atoms with E-state index in [2.05, 4.69) is 15.1 Å². The molecule has 118 valence electrons. The molecule has 0 spiro atoms. The fraction of sp³-hybridized carbons (Fsp3) is 0.188. The average Bonchev–Trinajstić information content (AvgIpc) is 3.10. The highest BCUT2D eigenvalue weighted by Gasteiger charge is 2.25. The van der Waals surface area contributed by atoms with Crippen molar-refractivity contribution in [2.75, 3.05) is 0 Å². The van der Waals surface area contributed by atoms with Crippen LogP contribution in [0.25, 0.3) is 0 Å². The maximum absolute atomic E-state index is 10.8. The van der Waals surface area contributed by atoms with E-state index in [0.29, 0.717) is 22.0 Å². The molecule has 0 aliphatic heterocycles. The topological polar surface area (TPSA) is 63.8 Å². The molecule has 2 heterocycles. The maximum atomic E-state index is 10.8. The van der Waals surface area contributed by atoms with Crippen LogP contribution in [0.2, 0.25) is 10.0 Å². The van der Waals surface area contributed by atoms with Gasteiger partial charge in [0.25, 0.3) is 0 Å². The van der Waals surface area contributed by atoms with Crippen LogP contribution in [0.1, 0.15) is 23.3 Å². The third kappa shape index (κ3) is 3.69. The average molecular weight is 349 g/mol. The molecular weight excluding hydrogens is 335 g/mol. The van der Waals surface area contributed by atoms with Gasteiger partial charge < -0.3 is 5.11 Å². The van der Waals surface area contributed by atoms with Crippen molar-refractivity contribution in [2.24, 2.45) is 0 Å². The molecular formula is C16H14Cl2N4O. The number of nitrogens with zero attached hydrogens (tertiary/aromatic N) is 4. The fourth-order valence-electron chi connectivity index (χ4n) is 2.44. The lowest BCUT2D eigenvalue weighted by atomic mass is 9.97. The molecule has 3 aromatic rings. The Hall–Kier alpha value is -1.95. The number of aromatic nitrogens is 4. The molecule has 2 aromatic heterocycles. The van der Waals surface area contributed by atoms with Crippen molar-refractivity contribution in [1.29, 1.82) is 0 Å². The summed E-state index contributed by atoms with van der Waals surface area (Å²) in [6, 6.07) is 8.50. The first-order chi connectivity index (χ1) is 11.1. The van der Waals surface area contributed by atoms with Gasteiger partial charge in [-0.3, -0.25) is 4.98 Å². The van der Waals surface area contributed by atoms with Crippen molar-refractivity contribution >= 4 is 23.2 Å². The Bertz CT molecular complexity index is 765. The van der Waals surface area contributed by atoms with Crippen LogP contribution < -0.4 is 0 Å². The highest BCUT2D eigenvalue weighted by molar-refractivity contribution is 6.33. The first kappa shape index (κ1) is 15.9. The summed E-state index contributed by atoms with van der Waals surface area (Å²) in [5, 5.41) is 16.1. The number of rotatable bonds is 5. The highest BCUT2D eigenvalue weighted by atomic mass is 35.5. The molecule has 0 aliphatic carbocycles. The van der Waals surface area contributed by atoms with Crippen LogP contribution in [-0.2, 0) is 6.42 Å². The van der Waals surface area contributed by atoms with Crippen molar-refractivity contribution in [2.45, 2.75) is 18.6 Å². The summed E-state index contributed by atoms with van der Waals surface area (Å²) in [6.45, 7) is 0. The largest absolute Gasteiger partial charge is 0.386 e. The van der Waals surface area contributed by atoms with Gasteiger partial charge in [0.15, 0.2) is 0 Å². The number of aliphatic hydroxyl groups excluding tert-OH is 1. The summed E-state index contributed by atoms with van der Waals surface area (Å²) in [5.41, 5.74) is 1.54. The van der Waals surface area contributed by atoms with Gasteiger partial charge in [0.2, 0.25) is 0 Å². The second-order valence-corrected chi connectivity index (χ2v) is 5.96. The van der Waals surface area contributed by atoms with Gasteiger partial charge in [-0.15, -0.1) is 0 Å². The van der Waals surface area contributed by atoms with Crippen molar-refractivity contribution in [3.63, 3.8) is 0 Å². The molecule has 0 aliphatic rings. The first-order valence-corrected chi connectivity index (χ1v) is 7.77. The third-order valence-electron chi connectivity index (χ3n) is 3.60. The van der Waals surface area contributed by atoms with Gasteiger partial charge in [0, 0.05) is 28.0 Å². The standard InChI is InChI=1S/C16H14Cl2N4O/c17-13-3-4-14(18)12(6-13)7-15(22-10-20-9-21-22)16(23)11-2-1-5-19-8-11/h1-6,8-10,15-16,23H,7H2. The zero-order valence-corrected chi connectivity index (χ0v) is 13.6. The Morgan fingerprint density at radius 1 is 1.17 bits per heavy atom. The van der Waals surface area contributed by atoms with Crippen LogP contribution in [0, 0.1) is 0 Å². The van der Waals surface area contributed by atoms with Gasteiger partial charge in [-0.2, -0.15) is 5.10 Å². The molecule has 1 N–H and O–H groups in total. The van der Waals surface area contributed by atoms with E-state index in [1.54, 1.807) is 47.7 Å². The summed E-state index contributed by atoms with van der Waals surface area (Å²) in [6.07, 6.45) is 5.95. The Kier molecular flexibility index (Phi) is 4.91. The van der Waals surface area contributed by atoms with Crippen molar-refractivity contribution in [3.8, 4) is 0 Å². The van der Waals surface area contributed by atoms with E-state index >= 15 is 0 Å². The van der Waals surface area contributed by atoms with Gasteiger partial charge in [-0.05, 0) is 36.2 Å². The lowest BCUT2D eigenvalue weighted by Gasteiger charge is -2.23. The first-order valence-electron chi connectivity index (χ1n) is 7.01. The Balaban J connectivity index is 1.95. The van der Waals surface area contributed by atoms with Gasteiger partial charge in [0.05, 0.1) is 6.04 Å². The molecule has 2 atom stereocenters. The minimum Gasteiger partial charge on any atom is -0.386 e. The summed E-state index contributed by atoms with van der Waals surface area (Å²) in [4.78, 5) is 8.02. The Labute approximate surface area is 143 Å². The smallest absolute Gasteiger partial charge is 0.137 e. The molecule has 0 saturated heterocycles. The maximum Gasteiger partial charge on any atom is 0.137 e. The van der Waals surface area contributed by atoms with Crippen molar-refractivity contribution < 1.29 is 5.11 Å². The third-order valence-corrected chi connectivity index (χ3v) is 4.21. The lowest BCUT2D eigenvalue weighted by molar-refractivity contribution is 0.105. The van der Waals surface area contributed by atoms with Gasteiger partial charge in [0.1, 0.15) is 18.8 Å². The molecule has 0 saturated carbocycles. The van der Waals surface area contributed by atoms with Crippen LogP contribution in [-0.4, -0.2) is 24.9 Å². The molecule has 7 heteroatoms. The van der Waals surface area contributed by atoms with Gasteiger partial charge in [-0.1, -0.05) is 29.3 Å². The molecule has 0 radical (unpaired) electrons. The van der Waals surface area contributed by atoms with E-state index in [1.165, 1.54) is 6.33 Å². The number of benzene rings is 1. The second kappa shape index (κ2) is 7.08. The monoisotopic (exact) mass is 348 g/mol. The van der Waals surface area contributed by atoms with Crippen LogP contribution in [0.15, 0.2) is 55.4 Å². The predicted octanol–water partition coefficient (Wildman–Crippen LogP) is 3.50. The van der Waals surface area contributed by atoms with E-state index in [-0.39, 0.29) is 6.04 Å². The SMILES string of the molecule is OC(c1cccnc1)C(Cc1cc(Cl)ccc1Cl)n1cncn1. The Morgan fingerprint density at radius 2 is 2.04 bits per heavy atom. The minimum absolute atomic E-state index is 0.377. The van der Waals surface area contributed by atoms with E-state index in [1.807, 2.05) is 6.07 Å². The lowest BCUT2D eigenvalue weighted by Crippen LogP contribution is -2.21. The summed E-state index contributed by atoms with van der Waals surface area (Å²) >= 11 is 12.3. The summed E-state index contributed by atoms with van der Waals surface area (Å²) in [5.74, 6) is 0. The van der Waals surface area contributed by atoms with Crippen LogP contribution in [0.3, 0.4) is 0 Å². The molecule has 23 heavy (non-hydrogen) atoms.